The predicted octanol–water partition coefficient (Wildman–Crippen LogP) is 4.87. The van der Waals surface area contributed by atoms with Gasteiger partial charge in [0.1, 0.15) is 5.75 Å². The monoisotopic (exact) mass is 721 g/mol. The van der Waals surface area contributed by atoms with E-state index in [1.165, 1.54) is 56.7 Å². The Kier molecular flexibility index (Phi) is 13.6. The van der Waals surface area contributed by atoms with Gasteiger partial charge in [0.05, 0.1) is 59.7 Å². The zero-order valence-electron chi connectivity index (χ0n) is 30.3. The van der Waals surface area contributed by atoms with Crippen LogP contribution in [-0.4, -0.2) is 121 Å². The van der Waals surface area contributed by atoms with Gasteiger partial charge in [0, 0.05) is 57.0 Å². The fraction of sp³-hybridized carbons (Fsp3) is 0.676. The first-order chi connectivity index (χ1) is 23.1. The molecular weight excluding hydrogens is 663 g/mol. The van der Waals surface area contributed by atoms with Crippen LogP contribution in [0.1, 0.15) is 82.3 Å². The molecule has 2 aromatic rings. The number of nitrogens with zero attached hydrogens (tertiary/aromatic N) is 3. The van der Waals surface area contributed by atoms with Crippen LogP contribution in [0, 0.1) is 5.41 Å². The third-order valence-corrected chi connectivity index (χ3v) is 12.9. The van der Waals surface area contributed by atoms with Crippen molar-refractivity contribution in [3.05, 3.63) is 53.6 Å². The predicted molar refractivity (Wildman–Crippen MR) is 195 cm³/mol. The maximum absolute atomic E-state index is 14.1. The molecule has 49 heavy (non-hydrogen) atoms. The fourth-order valence-electron chi connectivity index (χ4n) is 7.97. The van der Waals surface area contributed by atoms with Crippen LogP contribution in [0.25, 0.3) is 0 Å². The average Bonchev–Trinajstić information content (AvgIpc) is 3.13. The molecule has 1 N–H and O–H groups in total. The lowest BCUT2D eigenvalue weighted by atomic mass is 9.68. The SMILES string of the molecule is CCCCC1(CCCC)CS(=O)(=O)c2ccc(N(C)C)cc2[C@@H](c2ccc(OCCCC[N+]34CCN(CC3)CC4)cc2)[C@H]1O.CS(=O)(=O)[O-]. The second-order valence-electron chi connectivity index (χ2n) is 14.8. The molecule has 12 heteroatoms. The molecule has 0 amide bonds. The number of ether oxygens (including phenoxy) is 1. The van der Waals surface area contributed by atoms with Gasteiger partial charge in [-0.15, -0.1) is 0 Å². The van der Waals surface area contributed by atoms with Crippen molar-refractivity contribution in [3.8, 4) is 5.75 Å². The molecule has 0 aromatic heterocycles. The highest BCUT2D eigenvalue weighted by Crippen LogP contribution is 2.50. The molecule has 3 fully saturated rings. The summed E-state index contributed by atoms with van der Waals surface area (Å²) >= 11 is 0. The molecule has 0 saturated carbocycles. The van der Waals surface area contributed by atoms with Gasteiger partial charge in [-0.2, -0.15) is 0 Å². The summed E-state index contributed by atoms with van der Waals surface area (Å²) in [7, 11) is -3.59. The van der Waals surface area contributed by atoms with Gasteiger partial charge in [-0.25, -0.2) is 16.8 Å². The maximum Gasteiger partial charge on any atom is 0.179 e. The number of rotatable bonds is 14. The molecular formula is C37H59N3O7S2. The van der Waals surface area contributed by atoms with E-state index in [1.54, 1.807) is 6.07 Å². The normalized spacial score (nSPS) is 25.4. The van der Waals surface area contributed by atoms with Crippen LogP contribution in [0.2, 0.25) is 0 Å². The summed E-state index contributed by atoms with van der Waals surface area (Å²) in [6, 6.07) is 13.7. The first-order valence-corrected chi connectivity index (χ1v) is 21.5. The van der Waals surface area contributed by atoms with Gasteiger partial charge in [-0.05, 0) is 67.1 Å². The number of quaternary nitrogens is 1. The van der Waals surface area contributed by atoms with E-state index in [0.717, 1.165) is 49.1 Å². The van der Waals surface area contributed by atoms with Crippen LogP contribution in [-0.2, 0) is 20.0 Å². The van der Waals surface area contributed by atoms with Crippen molar-refractivity contribution in [2.75, 3.05) is 83.4 Å². The van der Waals surface area contributed by atoms with Crippen LogP contribution >= 0.6 is 0 Å². The lowest BCUT2D eigenvalue weighted by molar-refractivity contribution is -0.941. The molecule has 4 aliphatic heterocycles. The van der Waals surface area contributed by atoms with Gasteiger partial charge >= 0.3 is 0 Å². The number of fused-ring (bicyclic) bond motifs is 4. The summed E-state index contributed by atoms with van der Waals surface area (Å²) in [5, 5.41) is 12.4. The minimum Gasteiger partial charge on any atom is -0.748 e. The van der Waals surface area contributed by atoms with Crippen molar-refractivity contribution in [1.29, 1.82) is 0 Å². The first-order valence-electron chi connectivity index (χ1n) is 18.1. The number of aliphatic hydroxyl groups excluding tert-OH is 1. The van der Waals surface area contributed by atoms with E-state index in [4.69, 9.17) is 17.7 Å². The van der Waals surface area contributed by atoms with Crippen LogP contribution in [0.3, 0.4) is 0 Å². The Hall–Kier alpha value is -2.22. The second-order valence-corrected chi connectivity index (χ2v) is 18.1. The number of anilines is 1. The van der Waals surface area contributed by atoms with Gasteiger partial charge in [0.25, 0.3) is 0 Å². The molecule has 0 unspecified atom stereocenters. The van der Waals surface area contributed by atoms with E-state index in [0.29, 0.717) is 36.2 Å². The van der Waals surface area contributed by atoms with Crippen LogP contribution in [0.4, 0.5) is 5.69 Å². The molecule has 10 nitrogen and oxygen atoms in total. The summed E-state index contributed by atoms with van der Waals surface area (Å²) in [6.07, 6.45) is 7.15. The van der Waals surface area contributed by atoms with Gasteiger partial charge in [0.2, 0.25) is 0 Å². The third-order valence-electron chi connectivity index (χ3n) is 10.9. The highest BCUT2D eigenvalue weighted by Gasteiger charge is 2.49. The number of sulfone groups is 1. The number of piperazine rings is 3. The molecule has 276 valence electrons. The Morgan fingerprint density at radius 1 is 0.959 bits per heavy atom. The largest absolute Gasteiger partial charge is 0.748 e. The fourth-order valence-corrected chi connectivity index (χ4v) is 10.2. The lowest BCUT2D eigenvalue weighted by Gasteiger charge is -2.50. The molecule has 2 bridgehead atoms. The van der Waals surface area contributed by atoms with Crippen LogP contribution in [0.15, 0.2) is 47.4 Å². The number of unbranched alkanes of at least 4 members (excludes halogenated alkanes) is 3. The molecule has 4 heterocycles. The molecule has 2 aromatic carbocycles. The summed E-state index contributed by atoms with van der Waals surface area (Å²) < 4.78 is 62.8. The molecule has 3 saturated heterocycles. The van der Waals surface area contributed by atoms with Crippen molar-refractivity contribution >= 4 is 25.6 Å². The summed E-state index contributed by atoms with van der Waals surface area (Å²) in [5.74, 6) is 0.378. The van der Waals surface area contributed by atoms with Crippen LogP contribution in [0.5, 0.6) is 5.75 Å². The van der Waals surface area contributed by atoms with E-state index in [2.05, 4.69) is 18.7 Å². The maximum atomic E-state index is 14.1. The Labute approximate surface area is 295 Å². The average molecular weight is 722 g/mol. The van der Waals surface area contributed by atoms with Crippen molar-refractivity contribution in [1.82, 2.24) is 4.90 Å². The highest BCUT2D eigenvalue weighted by molar-refractivity contribution is 7.91. The minimum absolute atomic E-state index is 0.00850. The molecule has 0 aliphatic carbocycles. The summed E-state index contributed by atoms with van der Waals surface area (Å²) in [6.45, 7) is 13.9. The van der Waals surface area contributed by atoms with Gasteiger partial charge in [0.15, 0.2) is 9.84 Å². The number of hydrogen-bond donors (Lipinski definition) is 1. The number of aliphatic hydroxyl groups is 1. The van der Waals surface area contributed by atoms with Crippen molar-refractivity contribution < 1.29 is 35.7 Å². The topological polar surface area (TPSA) is 127 Å². The molecule has 2 atom stereocenters. The van der Waals surface area contributed by atoms with Crippen molar-refractivity contribution in [3.63, 3.8) is 0 Å². The van der Waals surface area contributed by atoms with E-state index in [-0.39, 0.29) is 5.75 Å². The Morgan fingerprint density at radius 2 is 1.53 bits per heavy atom. The molecule has 4 aliphatic rings. The molecule has 6 rings (SSSR count). The van der Waals surface area contributed by atoms with E-state index >= 15 is 0 Å². The Bertz CT molecular complexity index is 1540. The number of hydrogen-bond acceptors (Lipinski definition) is 9. The van der Waals surface area contributed by atoms with Gasteiger partial charge in [-0.3, -0.25) is 4.90 Å². The zero-order chi connectivity index (χ0) is 35.9. The standard InChI is InChI=1S/C36H56N3O4S.CH4O3S/c1-5-7-17-36(18-8-6-2)28-44(41,42)33-16-13-30(37(3)4)27-32(33)34(35(36)40)29-11-14-31(15-12-29)43-26-10-9-22-39-23-19-38(20-24-39)21-25-39;1-5(2,3)4/h11-16,27,34-35,40H,5-10,17-26,28H2,1-4H3;1H3,(H,2,3,4)/q+1;/p-1/t34-,35-;/m1./s1. The smallest absolute Gasteiger partial charge is 0.179 e. The van der Waals surface area contributed by atoms with E-state index in [9.17, 15) is 13.5 Å². The van der Waals surface area contributed by atoms with Gasteiger partial charge < -0.3 is 23.8 Å². The van der Waals surface area contributed by atoms with Gasteiger partial charge in [-0.1, -0.05) is 51.7 Å². The zero-order valence-corrected chi connectivity index (χ0v) is 31.9. The van der Waals surface area contributed by atoms with Crippen LogP contribution < -0.4 is 9.64 Å². The summed E-state index contributed by atoms with van der Waals surface area (Å²) in [4.78, 5) is 4.95. The minimum atomic E-state index is -3.92. The highest BCUT2D eigenvalue weighted by atomic mass is 32.2. The van der Waals surface area contributed by atoms with E-state index < -0.39 is 37.4 Å². The first kappa shape index (κ1) is 39.6. The summed E-state index contributed by atoms with van der Waals surface area (Å²) in [5.41, 5.74) is 1.88. The number of benzene rings is 2. The Balaban J connectivity index is 0.00000101. The van der Waals surface area contributed by atoms with E-state index in [1.807, 2.05) is 55.4 Å². The third kappa shape index (κ3) is 10.4. The van der Waals surface area contributed by atoms with Crippen molar-refractivity contribution in [2.45, 2.75) is 82.1 Å². The molecule has 0 radical (unpaired) electrons. The quantitative estimate of drug-likeness (QED) is 0.165. The molecule has 0 spiro atoms. The lowest BCUT2D eigenvalue weighted by Crippen LogP contribution is -2.67. The second kappa shape index (κ2) is 16.9. The Morgan fingerprint density at radius 3 is 2.06 bits per heavy atom. The van der Waals surface area contributed by atoms with Crippen molar-refractivity contribution in [2.24, 2.45) is 5.41 Å².